The van der Waals surface area contributed by atoms with E-state index in [4.69, 9.17) is 4.74 Å². The number of benzene rings is 2. The molecule has 1 atom stereocenters. The average molecular weight is 500 g/mol. The molecule has 0 spiro atoms. The molecule has 0 radical (unpaired) electrons. The molecule has 0 fully saturated rings. The lowest BCUT2D eigenvalue weighted by atomic mass is 10.0. The van der Waals surface area contributed by atoms with Crippen molar-refractivity contribution in [3.8, 4) is 5.75 Å². The van der Waals surface area contributed by atoms with E-state index in [2.05, 4.69) is 20.8 Å². The van der Waals surface area contributed by atoms with Crippen LogP contribution in [0.15, 0.2) is 53.7 Å². The van der Waals surface area contributed by atoms with E-state index in [1.54, 1.807) is 24.3 Å². The largest absolute Gasteiger partial charge is 0.494 e. The Hall–Kier alpha value is -3.40. The summed E-state index contributed by atoms with van der Waals surface area (Å²) in [6, 6.07) is 12.2. The summed E-state index contributed by atoms with van der Waals surface area (Å²) in [7, 11) is 0. The van der Waals surface area contributed by atoms with E-state index >= 15 is 0 Å². The number of thioether (sulfide) groups is 1. The van der Waals surface area contributed by atoms with Gasteiger partial charge in [0, 0.05) is 17.8 Å². The summed E-state index contributed by atoms with van der Waals surface area (Å²) in [5.41, 5.74) is 1.04. The van der Waals surface area contributed by atoms with Crippen molar-refractivity contribution in [3.63, 3.8) is 0 Å². The van der Waals surface area contributed by atoms with Crippen molar-refractivity contribution >= 4 is 29.3 Å². The minimum atomic E-state index is -0.410. The molecule has 3 aromatic rings. The maximum atomic E-state index is 13.2. The third-order valence-corrected chi connectivity index (χ3v) is 6.15. The number of nitrogens with zero attached hydrogens (tertiary/aromatic N) is 3. The number of hydrogen-bond acceptors (Lipinski definition) is 6. The van der Waals surface area contributed by atoms with Crippen LogP contribution in [0.1, 0.15) is 49.9 Å². The molecule has 0 aliphatic heterocycles. The lowest BCUT2D eigenvalue weighted by molar-refractivity contribution is -0.113. The van der Waals surface area contributed by atoms with Gasteiger partial charge in [-0.2, -0.15) is 0 Å². The lowest BCUT2D eigenvalue weighted by Gasteiger charge is -2.22. The van der Waals surface area contributed by atoms with Crippen LogP contribution in [0.4, 0.5) is 10.1 Å². The van der Waals surface area contributed by atoms with Crippen molar-refractivity contribution in [1.29, 1.82) is 0 Å². The first-order valence-electron chi connectivity index (χ1n) is 11.5. The van der Waals surface area contributed by atoms with Crippen molar-refractivity contribution in [2.24, 2.45) is 5.92 Å². The van der Waals surface area contributed by atoms with E-state index < -0.39 is 11.9 Å². The van der Waals surface area contributed by atoms with E-state index in [-0.39, 0.29) is 23.5 Å². The molecule has 0 aliphatic carbocycles. The molecule has 186 valence electrons. The Bertz CT molecular complexity index is 1130. The number of rotatable bonds is 11. The van der Waals surface area contributed by atoms with Crippen LogP contribution >= 0.6 is 11.8 Å². The average Bonchev–Trinajstić information content (AvgIpc) is 3.25. The number of ether oxygens (including phenoxy) is 1. The number of carbonyl (C=O) groups excluding carboxylic acids is 2. The Morgan fingerprint density at radius 1 is 1.06 bits per heavy atom. The molecule has 0 aliphatic rings. The number of halogens is 1. The fourth-order valence-electron chi connectivity index (χ4n) is 3.42. The van der Waals surface area contributed by atoms with Gasteiger partial charge in [0.25, 0.3) is 5.91 Å². The first kappa shape index (κ1) is 26.2. The Labute approximate surface area is 208 Å². The Kier molecular flexibility index (Phi) is 9.25. The zero-order valence-corrected chi connectivity index (χ0v) is 21.1. The molecule has 1 heterocycles. The minimum absolute atomic E-state index is 0.0229. The van der Waals surface area contributed by atoms with Gasteiger partial charge in [0.1, 0.15) is 11.6 Å². The third-order valence-electron chi connectivity index (χ3n) is 5.18. The zero-order valence-electron chi connectivity index (χ0n) is 20.2. The first-order valence-corrected chi connectivity index (χ1v) is 12.5. The topological polar surface area (TPSA) is 98.1 Å². The maximum absolute atomic E-state index is 13.2. The fourth-order valence-corrected chi connectivity index (χ4v) is 4.23. The summed E-state index contributed by atoms with van der Waals surface area (Å²) < 4.78 is 20.5. The smallest absolute Gasteiger partial charge is 0.251 e. The molecule has 8 nitrogen and oxygen atoms in total. The Morgan fingerprint density at radius 3 is 2.34 bits per heavy atom. The highest BCUT2D eigenvalue weighted by Crippen LogP contribution is 2.26. The van der Waals surface area contributed by atoms with Gasteiger partial charge in [0.05, 0.1) is 18.4 Å². The van der Waals surface area contributed by atoms with Gasteiger partial charge in [-0.15, -0.1) is 10.2 Å². The second kappa shape index (κ2) is 12.3. The van der Waals surface area contributed by atoms with Gasteiger partial charge in [-0.3, -0.25) is 9.59 Å². The van der Waals surface area contributed by atoms with Crippen LogP contribution in [0.5, 0.6) is 5.75 Å². The van der Waals surface area contributed by atoms with Gasteiger partial charge in [-0.1, -0.05) is 25.6 Å². The van der Waals surface area contributed by atoms with Crippen LogP contribution < -0.4 is 15.4 Å². The number of carbonyl (C=O) groups is 2. The fraction of sp³-hybridized carbons (Fsp3) is 0.360. The number of hydrogen-bond donors (Lipinski definition) is 2. The van der Waals surface area contributed by atoms with Crippen molar-refractivity contribution in [3.05, 3.63) is 65.7 Å². The molecular weight excluding hydrogens is 469 g/mol. The van der Waals surface area contributed by atoms with Gasteiger partial charge in [-0.05, 0) is 68.3 Å². The van der Waals surface area contributed by atoms with Crippen molar-refractivity contribution in [1.82, 2.24) is 20.1 Å². The summed E-state index contributed by atoms with van der Waals surface area (Å²) in [5.74, 6) is 0.631. The maximum Gasteiger partial charge on any atom is 0.251 e. The molecule has 3 rings (SSSR count). The molecule has 0 saturated heterocycles. The zero-order chi connectivity index (χ0) is 25.4. The van der Waals surface area contributed by atoms with Crippen LogP contribution in [-0.2, 0) is 11.3 Å². The molecule has 10 heteroatoms. The number of anilines is 1. The van der Waals surface area contributed by atoms with Crippen molar-refractivity contribution in [2.45, 2.75) is 45.4 Å². The van der Waals surface area contributed by atoms with Crippen molar-refractivity contribution < 1.29 is 18.7 Å². The SMILES string of the molecule is CCOc1ccc(NC(=O)CSc2nnc(C(NC(=O)c3ccc(F)cc3)C(C)C)n2CC)cc1. The third kappa shape index (κ3) is 7.05. The summed E-state index contributed by atoms with van der Waals surface area (Å²) >= 11 is 1.28. The van der Waals surface area contributed by atoms with Crippen molar-refractivity contribution in [2.75, 3.05) is 17.7 Å². The molecule has 2 amide bonds. The number of nitrogens with one attached hydrogen (secondary N) is 2. The van der Waals surface area contributed by atoms with Crippen LogP contribution in [0, 0.1) is 11.7 Å². The molecule has 2 N–H and O–H groups in total. The predicted molar refractivity (Wildman–Crippen MR) is 134 cm³/mol. The van der Waals surface area contributed by atoms with E-state index in [0.717, 1.165) is 5.75 Å². The molecule has 2 aromatic carbocycles. The van der Waals surface area contributed by atoms with E-state index in [1.165, 1.54) is 36.0 Å². The summed E-state index contributed by atoms with van der Waals surface area (Å²) in [4.78, 5) is 25.2. The number of aromatic nitrogens is 3. The highest BCUT2D eigenvalue weighted by Gasteiger charge is 2.26. The monoisotopic (exact) mass is 499 g/mol. The van der Waals surface area contributed by atoms with E-state index in [9.17, 15) is 14.0 Å². The second-order valence-corrected chi connectivity index (χ2v) is 9.02. The molecule has 1 aromatic heterocycles. The molecule has 35 heavy (non-hydrogen) atoms. The Balaban J connectivity index is 1.66. The quantitative estimate of drug-likeness (QED) is 0.371. The minimum Gasteiger partial charge on any atom is -0.494 e. The van der Waals surface area contributed by atoms with Gasteiger partial charge >= 0.3 is 0 Å². The number of amides is 2. The van der Waals surface area contributed by atoms with Gasteiger partial charge < -0.3 is 19.9 Å². The molecular formula is C25H30FN5O3S. The lowest BCUT2D eigenvalue weighted by Crippen LogP contribution is -2.33. The summed E-state index contributed by atoms with van der Waals surface area (Å²) in [5, 5.41) is 15.0. The van der Waals surface area contributed by atoms with Gasteiger partial charge in [-0.25, -0.2) is 4.39 Å². The molecule has 1 unspecified atom stereocenters. The van der Waals surface area contributed by atoms with E-state index in [1.807, 2.05) is 32.3 Å². The normalized spacial score (nSPS) is 11.8. The van der Waals surface area contributed by atoms with Crippen LogP contribution in [0.25, 0.3) is 0 Å². The van der Waals surface area contributed by atoms with Crippen LogP contribution in [0.2, 0.25) is 0 Å². The molecule has 0 saturated carbocycles. The predicted octanol–water partition coefficient (Wildman–Crippen LogP) is 4.69. The van der Waals surface area contributed by atoms with E-state index in [0.29, 0.717) is 35.4 Å². The van der Waals surface area contributed by atoms with Gasteiger partial charge in [0.15, 0.2) is 11.0 Å². The van der Waals surface area contributed by atoms with Crippen LogP contribution in [0.3, 0.4) is 0 Å². The second-order valence-electron chi connectivity index (χ2n) is 8.08. The van der Waals surface area contributed by atoms with Gasteiger partial charge in [0.2, 0.25) is 5.91 Å². The summed E-state index contributed by atoms with van der Waals surface area (Å²) in [6.45, 7) is 8.96. The first-order chi connectivity index (χ1) is 16.8. The highest BCUT2D eigenvalue weighted by atomic mass is 32.2. The van der Waals surface area contributed by atoms with Crippen LogP contribution in [-0.4, -0.2) is 38.9 Å². The summed E-state index contributed by atoms with van der Waals surface area (Å²) in [6.07, 6.45) is 0. The Morgan fingerprint density at radius 2 is 1.74 bits per heavy atom. The standard InChI is InChI=1S/C25H30FN5O3S/c1-5-31-23(22(16(3)4)28-24(33)17-7-9-18(26)10-8-17)29-30-25(31)35-15-21(32)27-19-11-13-20(14-12-19)34-6-2/h7-14,16,22H,5-6,15H2,1-4H3,(H,27,32)(H,28,33). The molecule has 0 bridgehead atoms. The highest BCUT2D eigenvalue weighted by molar-refractivity contribution is 7.99.